The maximum Gasteiger partial charge on any atom is 0.266 e. The van der Waals surface area contributed by atoms with Gasteiger partial charge in [0.25, 0.3) is 5.56 Å². The van der Waals surface area contributed by atoms with E-state index in [1.54, 1.807) is 4.57 Å². The van der Waals surface area contributed by atoms with Gasteiger partial charge in [-0.15, -0.1) is 0 Å². The van der Waals surface area contributed by atoms with Crippen molar-refractivity contribution in [3.8, 4) is 17.1 Å². The van der Waals surface area contributed by atoms with Crippen LogP contribution in [0.1, 0.15) is 0 Å². The molecule has 3 nitrogen and oxygen atoms in total. The molecule has 0 saturated carbocycles. The van der Waals surface area contributed by atoms with Crippen molar-refractivity contribution >= 4 is 33.3 Å². The summed E-state index contributed by atoms with van der Waals surface area (Å²) in [5.74, 6) is 0.533. The quantitative estimate of drug-likeness (QED) is 0.383. The summed E-state index contributed by atoms with van der Waals surface area (Å²) in [4.78, 5) is 18.4. The van der Waals surface area contributed by atoms with Crippen LogP contribution in [-0.2, 0) is 0 Å². The molecule has 5 rings (SSSR count). The van der Waals surface area contributed by atoms with E-state index in [-0.39, 0.29) is 5.56 Å². The SMILES string of the molecule is O=c1c2ccccc2nc(-c2ccccc2Cl)n1-c1cccc2ccccc12. The topological polar surface area (TPSA) is 34.9 Å². The Morgan fingerprint density at radius 2 is 1.39 bits per heavy atom. The Labute approximate surface area is 166 Å². The Bertz CT molecular complexity index is 1400. The van der Waals surface area contributed by atoms with Gasteiger partial charge in [-0.2, -0.15) is 0 Å². The highest BCUT2D eigenvalue weighted by atomic mass is 35.5. The Balaban J connectivity index is 1.98. The number of aromatic nitrogens is 2. The third-order valence-electron chi connectivity index (χ3n) is 4.90. The number of nitrogens with zero attached hydrogens (tertiary/aromatic N) is 2. The molecule has 5 aromatic rings. The molecule has 1 aromatic heterocycles. The Kier molecular flexibility index (Phi) is 3.96. The molecule has 4 aromatic carbocycles. The summed E-state index contributed by atoms with van der Waals surface area (Å²) in [6, 6.07) is 28.8. The number of hydrogen-bond donors (Lipinski definition) is 0. The van der Waals surface area contributed by atoms with Gasteiger partial charge >= 0.3 is 0 Å². The zero-order valence-corrected chi connectivity index (χ0v) is 15.6. The van der Waals surface area contributed by atoms with Gasteiger partial charge in [-0.25, -0.2) is 4.98 Å². The third kappa shape index (κ3) is 2.60. The molecule has 0 aliphatic heterocycles. The second-order valence-electron chi connectivity index (χ2n) is 6.57. The smallest absolute Gasteiger partial charge is 0.266 e. The molecular formula is C24H15ClN2O. The maximum absolute atomic E-state index is 13.6. The highest BCUT2D eigenvalue weighted by molar-refractivity contribution is 6.33. The lowest BCUT2D eigenvalue weighted by atomic mass is 10.1. The monoisotopic (exact) mass is 382 g/mol. The van der Waals surface area contributed by atoms with E-state index in [0.717, 1.165) is 22.0 Å². The third-order valence-corrected chi connectivity index (χ3v) is 5.23. The fraction of sp³-hybridized carbons (Fsp3) is 0. The van der Waals surface area contributed by atoms with Crippen LogP contribution in [0, 0.1) is 0 Å². The standard InChI is InChI=1S/C24H15ClN2O/c25-20-13-5-3-11-18(20)23-26-21-14-6-4-12-19(21)24(28)27(23)22-15-7-9-16-8-1-2-10-17(16)22/h1-15H. The lowest BCUT2D eigenvalue weighted by Gasteiger charge is -2.16. The summed E-state index contributed by atoms with van der Waals surface area (Å²) >= 11 is 6.48. The summed E-state index contributed by atoms with van der Waals surface area (Å²) < 4.78 is 1.67. The van der Waals surface area contributed by atoms with E-state index in [2.05, 4.69) is 0 Å². The number of rotatable bonds is 2. The van der Waals surface area contributed by atoms with Gasteiger partial charge in [0.15, 0.2) is 0 Å². The second kappa shape index (κ2) is 6.63. The van der Waals surface area contributed by atoms with E-state index < -0.39 is 0 Å². The van der Waals surface area contributed by atoms with Gasteiger partial charge in [0.2, 0.25) is 0 Å². The van der Waals surface area contributed by atoms with Crippen molar-refractivity contribution < 1.29 is 0 Å². The molecule has 28 heavy (non-hydrogen) atoms. The van der Waals surface area contributed by atoms with E-state index in [9.17, 15) is 4.79 Å². The van der Waals surface area contributed by atoms with Crippen molar-refractivity contribution in [2.45, 2.75) is 0 Å². The van der Waals surface area contributed by atoms with Crippen LogP contribution in [0.25, 0.3) is 38.8 Å². The summed E-state index contributed by atoms with van der Waals surface area (Å²) in [6.45, 7) is 0. The van der Waals surface area contributed by atoms with Crippen LogP contribution in [-0.4, -0.2) is 9.55 Å². The summed E-state index contributed by atoms with van der Waals surface area (Å²) in [5, 5.41) is 3.17. The lowest BCUT2D eigenvalue weighted by molar-refractivity contribution is 0.984. The molecule has 134 valence electrons. The van der Waals surface area contributed by atoms with Crippen LogP contribution in [0.3, 0.4) is 0 Å². The molecule has 0 unspecified atom stereocenters. The Morgan fingerprint density at radius 3 is 2.25 bits per heavy atom. The molecule has 0 saturated heterocycles. The molecule has 0 atom stereocenters. The van der Waals surface area contributed by atoms with Gasteiger partial charge < -0.3 is 0 Å². The first-order chi connectivity index (χ1) is 13.7. The molecule has 4 heteroatoms. The fourth-order valence-electron chi connectivity index (χ4n) is 3.58. The van der Waals surface area contributed by atoms with Gasteiger partial charge in [0.05, 0.1) is 21.6 Å². The van der Waals surface area contributed by atoms with Crippen LogP contribution in [0.2, 0.25) is 5.02 Å². The average molecular weight is 383 g/mol. The largest absolute Gasteiger partial charge is 0.268 e. The second-order valence-corrected chi connectivity index (χ2v) is 6.98. The van der Waals surface area contributed by atoms with Crippen LogP contribution in [0.4, 0.5) is 0 Å². The van der Waals surface area contributed by atoms with E-state index in [0.29, 0.717) is 21.7 Å². The summed E-state index contributed by atoms with van der Waals surface area (Å²) in [7, 11) is 0. The lowest BCUT2D eigenvalue weighted by Crippen LogP contribution is -2.22. The molecule has 0 fully saturated rings. The zero-order valence-electron chi connectivity index (χ0n) is 14.8. The van der Waals surface area contributed by atoms with Crippen LogP contribution in [0.15, 0.2) is 95.8 Å². The number of hydrogen-bond acceptors (Lipinski definition) is 2. The number of halogens is 1. The molecule has 0 radical (unpaired) electrons. The minimum Gasteiger partial charge on any atom is -0.268 e. The minimum atomic E-state index is -0.114. The van der Waals surface area contributed by atoms with Crippen molar-refractivity contribution in [2.75, 3.05) is 0 Å². The van der Waals surface area contributed by atoms with E-state index in [1.165, 1.54) is 0 Å². The van der Waals surface area contributed by atoms with E-state index >= 15 is 0 Å². The van der Waals surface area contributed by atoms with Gasteiger partial charge in [0, 0.05) is 10.9 Å². The van der Waals surface area contributed by atoms with E-state index in [4.69, 9.17) is 16.6 Å². The van der Waals surface area contributed by atoms with Crippen molar-refractivity contribution in [3.05, 3.63) is 106 Å². The maximum atomic E-state index is 13.6. The molecule has 1 heterocycles. The number of benzene rings is 4. The van der Waals surface area contributed by atoms with Crippen molar-refractivity contribution in [1.29, 1.82) is 0 Å². The molecule has 0 N–H and O–H groups in total. The highest BCUT2D eigenvalue weighted by Crippen LogP contribution is 2.30. The zero-order chi connectivity index (χ0) is 19.1. The molecule has 0 amide bonds. The summed E-state index contributed by atoms with van der Waals surface area (Å²) in [6.07, 6.45) is 0. The normalized spacial score (nSPS) is 11.2. The fourth-order valence-corrected chi connectivity index (χ4v) is 3.80. The van der Waals surface area contributed by atoms with Crippen LogP contribution in [0.5, 0.6) is 0 Å². The predicted molar refractivity (Wildman–Crippen MR) is 115 cm³/mol. The Hall–Kier alpha value is -3.43. The number of para-hydroxylation sites is 1. The minimum absolute atomic E-state index is 0.114. The Morgan fingerprint density at radius 1 is 0.714 bits per heavy atom. The van der Waals surface area contributed by atoms with Gasteiger partial charge in [0.1, 0.15) is 5.82 Å². The van der Waals surface area contributed by atoms with Crippen LogP contribution >= 0.6 is 11.6 Å². The van der Waals surface area contributed by atoms with Crippen molar-refractivity contribution in [1.82, 2.24) is 9.55 Å². The van der Waals surface area contributed by atoms with E-state index in [1.807, 2.05) is 91.0 Å². The molecular weight excluding hydrogens is 368 g/mol. The van der Waals surface area contributed by atoms with Crippen LogP contribution < -0.4 is 5.56 Å². The first-order valence-electron chi connectivity index (χ1n) is 8.99. The highest BCUT2D eigenvalue weighted by Gasteiger charge is 2.17. The van der Waals surface area contributed by atoms with Crippen molar-refractivity contribution in [2.24, 2.45) is 0 Å². The first kappa shape index (κ1) is 16.7. The summed E-state index contributed by atoms with van der Waals surface area (Å²) in [5.41, 5.74) is 2.05. The van der Waals surface area contributed by atoms with Gasteiger partial charge in [-0.05, 0) is 35.7 Å². The average Bonchev–Trinajstić information content (AvgIpc) is 2.74. The van der Waals surface area contributed by atoms with Crippen molar-refractivity contribution in [3.63, 3.8) is 0 Å². The van der Waals surface area contributed by atoms with Gasteiger partial charge in [-0.3, -0.25) is 9.36 Å². The number of fused-ring (bicyclic) bond motifs is 2. The first-order valence-corrected chi connectivity index (χ1v) is 9.37. The molecule has 0 spiro atoms. The molecule has 0 bridgehead atoms. The predicted octanol–water partition coefficient (Wildman–Crippen LogP) is 5.86. The van der Waals surface area contributed by atoms with Gasteiger partial charge in [-0.1, -0.05) is 72.3 Å². The molecule has 0 aliphatic carbocycles. The molecule has 0 aliphatic rings.